The number of nitrogens with one attached hydrogen (secondary N) is 1. The monoisotopic (exact) mass is 537 g/mol. The van der Waals surface area contributed by atoms with Crippen LogP contribution in [-0.4, -0.2) is 40.8 Å². The highest BCUT2D eigenvalue weighted by atomic mass is 19.4. The maximum Gasteiger partial charge on any atom is 0.416 e. The Hall–Kier alpha value is -3.88. The second-order valence-corrected chi connectivity index (χ2v) is 10.5. The van der Waals surface area contributed by atoms with E-state index in [0.29, 0.717) is 30.0 Å². The highest BCUT2D eigenvalue weighted by molar-refractivity contribution is 5.95. The lowest BCUT2D eigenvalue weighted by Crippen LogP contribution is -2.52. The number of hydrogen-bond acceptors (Lipinski definition) is 4. The minimum Gasteiger partial charge on any atom is -0.457 e. The summed E-state index contributed by atoms with van der Waals surface area (Å²) in [6, 6.07) is 14.7. The first kappa shape index (κ1) is 26.7. The average molecular weight is 538 g/mol. The van der Waals surface area contributed by atoms with Crippen LogP contribution in [0.4, 0.5) is 13.2 Å². The maximum absolute atomic E-state index is 13.1. The predicted octanol–water partition coefficient (Wildman–Crippen LogP) is 6.19. The minimum atomic E-state index is -4.40. The zero-order valence-electron chi connectivity index (χ0n) is 21.8. The Bertz CT molecular complexity index is 1360. The lowest BCUT2D eigenvalue weighted by atomic mass is 9.65. The van der Waals surface area contributed by atoms with Gasteiger partial charge in [-0.1, -0.05) is 6.92 Å². The lowest BCUT2D eigenvalue weighted by molar-refractivity contribution is -0.137. The summed E-state index contributed by atoms with van der Waals surface area (Å²) in [6.07, 6.45) is -1.05. The standard InChI is InChI=1S/C30H30F3N3O3/c1-3-23-15-21(14-19(2)34-23)28(38)36-13-12-29(18-36)16-24(17-29)35-27(37)20-4-8-25(9-5-20)39-26-10-6-22(7-11-26)30(31,32)33/h4-11,14-15,24H,3,12-13,16-18H2,1-2H3,(H,35,37). The molecule has 1 spiro atoms. The molecule has 2 heterocycles. The van der Waals surface area contributed by atoms with E-state index in [1.165, 1.54) is 12.1 Å². The van der Waals surface area contributed by atoms with Gasteiger partial charge in [0.25, 0.3) is 11.8 Å². The molecule has 1 aromatic heterocycles. The van der Waals surface area contributed by atoms with Gasteiger partial charge in [-0.05, 0) is 98.7 Å². The zero-order valence-corrected chi connectivity index (χ0v) is 21.8. The topological polar surface area (TPSA) is 71.5 Å². The molecule has 0 bridgehead atoms. The van der Waals surface area contributed by atoms with E-state index in [2.05, 4.69) is 10.3 Å². The molecule has 1 saturated heterocycles. The van der Waals surface area contributed by atoms with E-state index in [4.69, 9.17) is 4.74 Å². The number of pyridine rings is 1. The summed E-state index contributed by atoms with van der Waals surface area (Å²) in [5, 5.41) is 3.07. The summed E-state index contributed by atoms with van der Waals surface area (Å²) in [4.78, 5) is 32.3. The van der Waals surface area contributed by atoms with Crippen LogP contribution in [0.2, 0.25) is 0 Å². The fourth-order valence-electron chi connectivity index (χ4n) is 5.54. The van der Waals surface area contributed by atoms with Crippen LogP contribution in [0.25, 0.3) is 0 Å². The molecule has 1 aliphatic carbocycles. The first-order valence-electron chi connectivity index (χ1n) is 13.1. The number of hydrogen-bond donors (Lipinski definition) is 1. The summed E-state index contributed by atoms with van der Waals surface area (Å²) in [5.74, 6) is 0.536. The van der Waals surface area contributed by atoms with Crippen molar-refractivity contribution in [3.63, 3.8) is 0 Å². The van der Waals surface area contributed by atoms with E-state index < -0.39 is 11.7 Å². The van der Waals surface area contributed by atoms with Gasteiger partial charge >= 0.3 is 6.18 Å². The van der Waals surface area contributed by atoms with Gasteiger partial charge in [-0.15, -0.1) is 0 Å². The minimum absolute atomic E-state index is 0.0400. The van der Waals surface area contributed by atoms with Gasteiger partial charge in [0.2, 0.25) is 0 Å². The van der Waals surface area contributed by atoms with Crippen molar-refractivity contribution in [3.8, 4) is 11.5 Å². The molecule has 9 heteroatoms. The fourth-order valence-corrected chi connectivity index (χ4v) is 5.54. The molecule has 6 nitrogen and oxygen atoms in total. The summed E-state index contributed by atoms with van der Waals surface area (Å²) < 4.78 is 43.8. The highest BCUT2D eigenvalue weighted by Crippen LogP contribution is 2.48. The molecule has 2 fully saturated rings. The molecule has 5 rings (SSSR count). The Morgan fingerprint density at radius 2 is 1.67 bits per heavy atom. The molecular formula is C30H30F3N3O3. The van der Waals surface area contributed by atoms with E-state index in [1.54, 1.807) is 24.3 Å². The molecule has 2 aromatic carbocycles. The first-order valence-corrected chi connectivity index (χ1v) is 13.1. The summed E-state index contributed by atoms with van der Waals surface area (Å²) >= 11 is 0. The van der Waals surface area contributed by atoms with Gasteiger partial charge in [0.15, 0.2) is 0 Å². The quantitative estimate of drug-likeness (QED) is 0.407. The van der Waals surface area contributed by atoms with Crippen molar-refractivity contribution in [2.24, 2.45) is 5.41 Å². The van der Waals surface area contributed by atoms with Gasteiger partial charge in [-0.2, -0.15) is 13.2 Å². The van der Waals surface area contributed by atoms with Crippen LogP contribution in [0.3, 0.4) is 0 Å². The zero-order chi connectivity index (χ0) is 27.8. The Kier molecular flexibility index (Phi) is 7.09. The second-order valence-electron chi connectivity index (χ2n) is 10.5. The van der Waals surface area contributed by atoms with E-state index >= 15 is 0 Å². The van der Waals surface area contributed by atoms with Crippen molar-refractivity contribution in [1.82, 2.24) is 15.2 Å². The molecular weight excluding hydrogens is 507 g/mol. The molecule has 1 N–H and O–H groups in total. The molecule has 39 heavy (non-hydrogen) atoms. The number of likely N-dealkylation sites (tertiary alicyclic amines) is 1. The largest absolute Gasteiger partial charge is 0.457 e. The number of carbonyl (C=O) groups is 2. The molecule has 0 radical (unpaired) electrons. The van der Waals surface area contributed by atoms with Crippen molar-refractivity contribution in [3.05, 3.63) is 88.7 Å². The average Bonchev–Trinajstić information content (AvgIpc) is 3.33. The van der Waals surface area contributed by atoms with E-state index in [-0.39, 0.29) is 29.0 Å². The Morgan fingerprint density at radius 1 is 1.03 bits per heavy atom. The first-order chi connectivity index (χ1) is 18.5. The van der Waals surface area contributed by atoms with E-state index in [1.807, 2.05) is 30.9 Å². The van der Waals surface area contributed by atoms with E-state index in [9.17, 15) is 22.8 Å². The van der Waals surface area contributed by atoms with Crippen molar-refractivity contribution in [1.29, 1.82) is 0 Å². The fraction of sp³-hybridized carbons (Fsp3) is 0.367. The number of carbonyl (C=O) groups excluding carboxylic acids is 2. The van der Waals surface area contributed by atoms with Gasteiger partial charge in [-0.3, -0.25) is 14.6 Å². The third-order valence-electron chi connectivity index (χ3n) is 7.57. The third kappa shape index (κ3) is 5.92. The Morgan fingerprint density at radius 3 is 2.28 bits per heavy atom. The number of aryl methyl sites for hydroxylation is 2. The van der Waals surface area contributed by atoms with Gasteiger partial charge in [-0.25, -0.2) is 0 Å². The van der Waals surface area contributed by atoms with Gasteiger partial charge in [0, 0.05) is 41.6 Å². The molecule has 2 aliphatic rings. The van der Waals surface area contributed by atoms with Crippen LogP contribution in [-0.2, 0) is 12.6 Å². The lowest BCUT2D eigenvalue weighted by Gasteiger charge is -2.45. The number of rotatable bonds is 6. The highest BCUT2D eigenvalue weighted by Gasteiger charge is 2.49. The van der Waals surface area contributed by atoms with Crippen molar-refractivity contribution < 1.29 is 27.5 Å². The van der Waals surface area contributed by atoms with Crippen LogP contribution in [0, 0.1) is 12.3 Å². The number of halogens is 3. The Labute approximate surface area is 225 Å². The van der Waals surface area contributed by atoms with Crippen LogP contribution in [0.15, 0.2) is 60.7 Å². The normalized spacial score (nSPS) is 20.5. The number of aromatic nitrogens is 1. The smallest absolute Gasteiger partial charge is 0.416 e. The van der Waals surface area contributed by atoms with Crippen molar-refractivity contribution in [2.75, 3.05) is 13.1 Å². The summed E-state index contributed by atoms with van der Waals surface area (Å²) in [7, 11) is 0. The molecule has 0 unspecified atom stereocenters. The maximum atomic E-state index is 13.1. The summed E-state index contributed by atoms with van der Waals surface area (Å²) in [6.45, 7) is 5.33. The second kappa shape index (κ2) is 10.4. The van der Waals surface area contributed by atoms with Crippen LogP contribution < -0.4 is 10.1 Å². The third-order valence-corrected chi connectivity index (χ3v) is 7.57. The van der Waals surface area contributed by atoms with Gasteiger partial charge in [0.05, 0.1) is 5.56 Å². The van der Waals surface area contributed by atoms with Crippen LogP contribution in [0.1, 0.15) is 63.9 Å². The van der Waals surface area contributed by atoms with Gasteiger partial charge < -0.3 is 15.0 Å². The van der Waals surface area contributed by atoms with Crippen LogP contribution >= 0.6 is 0 Å². The molecule has 2 amide bonds. The molecule has 1 saturated carbocycles. The summed E-state index contributed by atoms with van der Waals surface area (Å²) in [5.41, 5.74) is 2.22. The number of ether oxygens (including phenoxy) is 1. The number of nitrogens with zero attached hydrogens (tertiary/aromatic N) is 2. The van der Waals surface area contributed by atoms with E-state index in [0.717, 1.165) is 49.2 Å². The van der Waals surface area contributed by atoms with Crippen molar-refractivity contribution in [2.45, 2.75) is 51.7 Å². The predicted molar refractivity (Wildman–Crippen MR) is 140 cm³/mol. The number of benzene rings is 2. The van der Waals surface area contributed by atoms with Gasteiger partial charge in [0.1, 0.15) is 11.5 Å². The number of amides is 2. The number of alkyl halides is 3. The molecule has 0 atom stereocenters. The Balaban J connectivity index is 1.11. The van der Waals surface area contributed by atoms with Crippen molar-refractivity contribution >= 4 is 11.8 Å². The SMILES string of the molecule is CCc1cc(C(=O)N2CCC3(CC(NC(=O)c4ccc(Oc5ccc(C(F)(F)F)cc5)cc4)C3)C2)cc(C)n1. The molecule has 1 aliphatic heterocycles. The van der Waals surface area contributed by atoms with Crippen LogP contribution in [0.5, 0.6) is 11.5 Å². The molecule has 204 valence electrons. The molecule has 3 aromatic rings.